The molecule has 1 N–H and O–H groups in total. The van der Waals surface area contributed by atoms with E-state index in [1.807, 2.05) is 48.4 Å². The van der Waals surface area contributed by atoms with E-state index in [1.54, 1.807) is 10.7 Å². The lowest BCUT2D eigenvalue weighted by molar-refractivity contribution is 0.478. The minimum atomic E-state index is 0.000843. The van der Waals surface area contributed by atoms with Crippen LogP contribution in [0.4, 0.5) is 17.5 Å². The molecule has 35 heavy (non-hydrogen) atoms. The molecule has 4 aromatic heterocycles. The summed E-state index contributed by atoms with van der Waals surface area (Å²) in [5.74, 6) is 2.58. The molecule has 1 aromatic carbocycles. The van der Waals surface area contributed by atoms with Crippen molar-refractivity contribution in [2.75, 3.05) is 23.3 Å². The van der Waals surface area contributed by atoms with Crippen molar-refractivity contribution in [2.45, 2.75) is 13.3 Å². The van der Waals surface area contributed by atoms with Gasteiger partial charge in [0.15, 0.2) is 11.5 Å². The first kappa shape index (κ1) is 20.7. The van der Waals surface area contributed by atoms with E-state index >= 15 is 0 Å². The number of ether oxygens (including phenoxy) is 1. The molecule has 0 radical (unpaired) electrons. The molecule has 5 heterocycles. The number of anilines is 3. The first-order valence-electron chi connectivity index (χ1n) is 11.1. The minimum Gasteiger partial charge on any atom is -0.457 e. The van der Waals surface area contributed by atoms with Gasteiger partial charge in [0, 0.05) is 31.0 Å². The molecule has 0 saturated carbocycles. The molecule has 11 nitrogen and oxygen atoms in total. The van der Waals surface area contributed by atoms with Crippen LogP contribution >= 0.6 is 0 Å². The standard InChI is InChI=1S/C24H20N10O/c1-15-8-17(2-3-20(15)35-18-5-7-34-21(9-18)28-14-30-34)31-23-22-19(27-13-29-23)11-26-24(32-22)33-6-4-16(10-25)12-33/h2-3,5,7-9,11,13-14,16H,4,6,12H2,1H3,(H,27,29,31)/t16-/m0/s1. The Morgan fingerprint density at radius 2 is 2.06 bits per heavy atom. The van der Waals surface area contributed by atoms with Crippen LogP contribution in [0.1, 0.15) is 12.0 Å². The normalized spacial score (nSPS) is 15.4. The molecular formula is C24H20N10O. The van der Waals surface area contributed by atoms with E-state index in [-0.39, 0.29) is 5.92 Å². The van der Waals surface area contributed by atoms with Crippen molar-refractivity contribution in [3.05, 3.63) is 60.9 Å². The summed E-state index contributed by atoms with van der Waals surface area (Å²) in [7, 11) is 0. The van der Waals surface area contributed by atoms with Gasteiger partial charge < -0.3 is 15.0 Å². The SMILES string of the molecule is Cc1cc(Nc2ncnc3cnc(N4CC[C@@H](C#N)C4)nc23)ccc1Oc1ccn2ncnc2c1. The van der Waals surface area contributed by atoms with Crippen LogP contribution in [-0.2, 0) is 0 Å². The number of benzene rings is 1. The van der Waals surface area contributed by atoms with Crippen LogP contribution in [-0.4, -0.2) is 47.6 Å². The predicted octanol–water partition coefficient (Wildman–Crippen LogP) is 3.66. The van der Waals surface area contributed by atoms with Crippen molar-refractivity contribution in [3.8, 4) is 17.6 Å². The van der Waals surface area contributed by atoms with Crippen molar-refractivity contribution in [2.24, 2.45) is 5.92 Å². The largest absolute Gasteiger partial charge is 0.457 e. The molecule has 0 amide bonds. The molecule has 11 heteroatoms. The Morgan fingerprint density at radius 1 is 1.11 bits per heavy atom. The van der Waals surface area contributed by atoms with Crippen LogP contribution < -0.4 is 15.0 Å². The zero-order chi connectivity index (χ0) is 23.8. The van der Waals surface area contributed by atoms with Gasteiger partial charge in [0.05, 0.1) is 18.2 Å². The van der Waals surface area contributed by atoms with Crippen LogP contribution in [0.5, 0.6) is 11.5 Å². The number of aromatic nitrogens is 7. The Morgan fingerprint density at radius 3 is 2.91 bits per heavy atom. The molecule has 0 spiro atoms. The van der Waals surface area contributed by atoms with Gasteiger partial charge in [-0.2, -0.15) is 10.4 Å². The van der Waals surface area contributed by atoms with Crippen LogP contribution in [0.15, 0.2) is 55.4 Å². The number of hydrogen-bond acceptors (Lipinski definition) is 10. The van der Waals surface area contributed by atoms with Crippen molar-refractivity contribution in [1.82, 2.24) is 34.5 Å². The van der Waals surface area contributed by atoms with E-state index in [9.17, 15) is 5.26 Å². The molecule has 172 valence electrons. The summed E-state index contributed by atoms with van der Waals surface area (Å²) in [4.78, 5) is 24.1. The lowest BCUT2D eigenvalue weighted by Crippen LogP contribution is -2.22. The monoisotopic (exact) mass is 464 g/mol. The van der Waals surface area contributed by atoms with Gasteiger partial charge in [0.1, 0.15) is 35.2 Å². The number of hydrogen-bond donors (Lipinski definition) is 1. The quantitative estimate of drug-likeness (QED) is 0.411. The minimum absolute atomic E-state index is 0.000843. The van der Waals surface area contributed by atoms with Gasteiger partial charge in [-0.15, -0.1) is 0 Å². The predicted molar refractivity (Wildman–Crippen MR) is 129 cm³/mol. The zero-order valence-electron chi connectivity index (χ0n) is 18.8. The fourth-order valence-electron chi connectivity index (χ4n) is 4.10. The van der Waals surface area contributed by atoms with Gasteiger partial charge in [0.25, 0.3) is 0 Å². The molecular weight excluding hydrogens is 444 g/mol. The highest BCUT2D eigenvalue weighted by molar-refractivity contribution is 5.87. The number of fused-ring (bicyclic) bond motifs is 2. The summed E-state index contributed by atoms with van der Waals surface area (Å²) in [5.41, 5.74) is 3.77. The highest BCUT2D eigenvalue weighted by Crippen LogP contribution is 2.30. The molecule has 1 aliphatic heterocycles. The number of nitrogens with zero attached hydrogens (tertiary/aromatic N) is 9. The second-order valence-corrected chi connectivity index (χ2v) is 8.32. The third-order valence-electron chi connectivity index (χ3n) is 5.94. The summed E-state index contributed by atoms with van der Waals surface area (Å²) in [6.07, 6.45) is 7.30. The third kappa shape index (κ3) is 4.02. The van der Waals surface area contributed by atoms with Crippen LogP contribution in [0, 0.1) is 24.2 Å². The highest BCUT2D eigenvalue weighted by atomic mass is 16.5. The number of aryl methyl sites for hydroxylation is 1. The smallest absolute Gasteiger partial charge is 0.226 e. The van der Waals surface area contributed by atoms with Crippen LogP contribution in [0.25, 0.3) is 16.7 Å². The molecule has 0 bridgehead atoms. The fraction of sp³-hybridized carbons (Fsp3) is 0.208. The first-order chi connectivity index (χ1) is 17.2. The maximum atomic E-state index is 9.21. The van der Waals surface area contributed by atoms with Crippen LogP contribution in [0.3, 0.4) is 0 Å². The summed E-state index contributed by atoms with van der Waals surface area (Å²) in [6.45, 7) is 3.36. The molecule has 1 saturated heterocycles. The average Bonchev–Trinajstić information content (AvgIpc) is 3.55. The second-order valence-electron chi connectivity index (χ2n) is 8.32. The van der Waals surface area contributed by atoms with Gasteiger partial charge >= 0.3 is 0 Å². The van der Waals surface area contributed by atoms with E-state index in [0.29, 0.717) is 40.7 Å². The molecule has 1 fully saturated rings. The van der Waals surface area contributed by atoms with E-state index in [1.165, 1.54) is 12.7 Å². The highest BCUT2D eigenvalue weighted by Gasteiger charge is 2.24. The third-order valence-corrected chi connectivity index (χ3v) is 5.94. The Hall–Kier alpha value is -4.85. The molecule has 1 aliphatic rings. The van der Waals surface area contributed by atoms with Crippen molar-refractivity contribution in [1.29, 1.82) is 5.26 Å². The molecule has 5 aromatic rings. The van der Waals surface area contributed by atoms with E-state index < -0.39 is 0 Å². The summed E-state index contributed by atoms with van der Waals surface area (Å²) in [6, 6.07) is 11.8. The molecule has 0 aliphatic carbocycles. The number of nitrogens with one attached hydrogen (secondary N) is 1. The number of pyridine rings is 1. The molecule has 0 unspecified atom stereocenters. The van der Waals surface area contributed by atoms with Crippen molar-refractivity contribution in [3.63, 3.8) is 0 Å². The lowest BCUT2D eigenvalue weighted by Gasteiger charge is -2.16. The summed E-state index contributed by atoms with van der Waals surface area (Å²) in [5, 5.41) is 16.7. The molecule has 1 atom stereocenters. The van der Waals surface area contributed by atoms with Gasteiger partial charge in [-0.05, 0) is 43.2 Å². The van der Waals surface area contributed by atoms with E-state index in [4.69, 9.17) is 9.72 Å². The number of rotatable bonds is 5. The Kier molecular flexibility index (Phi) is 5.03. The van der Waals surface area contributed by atoms with E-state index in [2.05, 4.69) is 36.4 Å². The lowest BCUT2D eigenvalue weighted by atomic mass is 10.1. The molecule has 6 rings (SSSR count). The van der Waals surface area contributed by atoms with Crippen LogP contribution in [0.2, 0.25) is 0 Å². The van der Waals surface area contributed by atoms with Crippen molar-refractivity contribution >= 4 is 34.1 Å². The summed E-state index contributed by atoms with van der Waals surface area (Å²) < 4.78 is 7.75. The Bertz CT molecular complexity index is 1590. The first-order valence-corrected chi connectivity index (χ1v) is 11.1. The van der Waals surface area contributed by atoms with E-state index in [0.717, 1.165) is 30.0 Å². The second kappa shape index (κ2) is 8.49. The topological polar surface area (TPSA) is 130 Å². The van der Waals surface area contributed by atoms with Gasteiger partial charge in [0.2, 0.25) is 5.95 Å². The zero-order valence-corrected chi connectivity index (χ0v) is 18.8. The number of nitriles is 1. The maximum Gasteiger partial charge on any atom is 0.226 e. The van der Waals surface area contributed by atoms with Gasteiger partial charge in [-0.3, -0.25) is 0 Å². The van der Waals surface area contributed by atoms with Gasteiger partial charge in [-0.1, -0.05) is 0 Å². The summed E-state index contributed by atoms with van der Waals surface area (Å²) >= 11 is 0. The maximum absolute atomic E-state index is 9.21. The average molecular weight is 464 g/mol. The Balaban J connectivity index is 1.25. The Labute approximate surface area is 200 Å². The van der Waals surface area contributed by atoms with Crippen molar-refractivity contribution < 1.29 is 4.74 Å². The fourth-order valence-corrected chi connectivity index (χ4v) is 4.10. The van der Waals surface area contributed by atoms with Gasteiger partial charge in [-0.25, -0.2) is 29.4 Å².